The van der Waals surface area contributed by atoms with Crippen molar-refractivity contribution >= 4 is 62.0 Å². The molecule has 0 aliphatic heterocycles. The van der Waals surface area contributed by atoms with E-state index in [1.54, 1.807) is 0 Å². The van der Waals surface area contributed by atoms with Gasteiger partial charge in [-0.25, -0.2) is 0 Å². The fourth-order valence-electron chi connectivity index (χ4n) is 8.19. The summed E-state index contributed by atoms with van der Waals surface area (Å²) in [5.74, 6) is 0.319. The molecule has 242 valence electrons. The summed E-state index contributed by atoms with van der Waals surface area (Å²) in [5, 5.41) is 1.51. The topological polar surface area (TPSA) is 0 Å². The second kappa shape index (κ2) is 13.6. The van der Waals surface area contributed by atoms with E-state index >= 15 is 0 Å². The minimum absolute atomic E-state index is 0. The summed E-state index contributed by atoms with van der Waals surface area (Å²) in [6.07, 6.45) is 9.57. The second-order valence-electron chi connectivity index (χ2n) is 14.3. The van der Waals surface area contributed by atoms with Crippen LogP contribution >= 0.6 is 48.0 Å². The van der Waals surface area contributed by atoms with Crippen molar-refractivity contribution in [1.29, 1.82) is 0 Å². The van der Waals surface area contributed by atoms with Gasteiger partial charge >= 0.3 is 277 Å². The maximum absolute atomic E-state index is 6.62. The second-order valence-corrected chi connectivity index (χ2v) is 27.8. The summed E-state index contributed by atoms with van der Waals surface area (Å²) in [6.45, 7) is 13.9. The van der Waals surface area contributed by atoms with Crippen molar-refractivity contribution in [3.8, 4) is 11.1 Å². The molecule has 0 aromatic heterocycles. The Kier molecular flexibility index (Phi) is 11.0. The van der Waals surface area contributed by atoms with E-state index in [1.165, 1.54) is 64.9 Å². The number of fused-ring (bicyclic) bond motifs is 3. The predicted octanol–water partition coefficient (Wildman–Crippen LogP) is 11.1. The molecule has 2 aliphatic rings. The van der Waals surface area contributed by atoms with Crippen molar-refractivity contribution in [2.75, 3.05) is 0 Å². The van der Waals surface area contributed by atoms with Crippen LogP contribution in [0.5, 0.6) is 0 Å². The normalized spacial score (nSPS) is 15.7. The van der Waals surface area contributed by atoms with Gasteiger partial charge in [-0.15, -0.1) is 24.8 Å². The van der Waals surface area contributed by atoms with Crippen molar-refractivity contribution < 1.29 is 18.3 Å². The number of halogens is 4. The van der Waals surface area contributed by atoms with Gasteiger partial charge in [0.05, 0.1) is 0 Å². The summed E-state index contributed by atoms with van der Waals surface area (Å²) in [7, 11) is 0. The summed E-state index contributed by atoms with van der Waals surface area (Å²) in [6, 6.07) is 29.2. The van der Waals surface area contributed by atoms with Crippen LogP contribution < -0.4 is 9.81 Å². The number of benzene rings is 4. The van der Waals surface area contributed by atoms with Crippen molar-refractivity contribution in [1.82, 2.24) is 0 Å². The Morgan fingerprint density at radius 3 is 1.91 bits per heavy atom. The SMILES string of the molecule is Cl.Cl.[CH2]=[Zr]([C]1=CC(C(C)(C)C)=CC1CCCC)([c]1ccc(Cl)cc1)([c]1ccc(Cl)cc1)[c]1c(C)ccc2c1Cc1cc(C)ccc1-2. The van der Waals surface area contributed by atoms with E-state index in [-0.39, 0.29) is 30.2 Å². The monoisotopic (exact) mass is 768 g/mol. The summed E-state index contributed by atoms with van der Waals surface area (Å²) in [4.78, 5) is 0. The molecule has 0 spiro atoms. The third-order valence-corrected chi connectivity index (χ3v) is 27.6. The van der Waals surface area contributed by atoms with Gasteiger partial charge in [0.1, 0.15) is 0 Å². The van der Waals surface area contributed by atoms with Gasteiger partial charge in [-0.2, -0.15) is 0 Å². The first-order valence-corrected chi connectivity index (χ1v) is 23.5. The van der Waals surface area contributed by atoms with Gasteiger partial charge in [-0.1, -0.05) is 0 Å². The Morgan fingerprint density at radius 2 is 1.37 bits per heavy atom. The molecule has 0 heterocycles. The zero-order chi connectivity index (χ0) is 31.5. The Balaban J connectivity index is 0.00000240. The van der Waals surface area contributed by atoms with Gasteiger partial charge in [0, 0.05) is 0 Å². The van der Waals surface area contributed by atoms with Crippen LogP contribution in [0.2, 0.25) is 10.0 Å². The molecular weight excluding hydrogens is 725 g/mol. The molecule has 0 bridgehead atoms. The van der Waals surface area contributed by atoms with Crippen LogP contribution in [-0.2, 0) is 24.7 Å². The van der Waals surface area contributed by atoms with Gasteiger partial charge in [0.15, 0.2) is 0 Å². The molecule has 4 aromatic carbocycles. The third-order valence-electron chi connectivity index (χ3n) is 10.4. The van der Waals surface area contributed by atoms with Crippen molar-refractivity contribution in [2.24, 2.45) is 11.3 Å². The van der Waals surface area contributed by atoms with E-state index in [1.807, 2.05) is 0 Å². The van der Waals surface area contributed by atoms with Crippen molar-refractivity contribution in [3.05, 3.63) is 132 Å². The molecule has 0 nitrogen and oxygen atoms in total. The molecule has 6 rings (SSSR count). The third kappa shape index (κ3) is 5.92. The van der Waals surface area contributed by atoms with Crippen LogP contribution in [0.15, 0.2) is 99.9 Å². The first-order valence-electron chi connectivity index (χ1n) is 16.1. The number of hydrogen-bond donors (Lipinski definition) is 0. The molecule has 1 unspecified atom stereocenters. The molecule has 0 N–H and O–H groups in total. The first kappa shape index (κ1) is 37.1. The van der Waals surface area contributed by atoms with Gasteiger partial charge < -0.3 is 0 Å². The maximum atomic E-state index is 6.62. The zero-order valence-corrected chi connectivity index (χ0v) is 33.4. The molecule has 46 heavy (non-hydrogen) atoms. The fourth-order valence-corrected chi connectivity index (χ4v) is 25.7. The number of unbranched alkanes of at least 4 members (excludes halogenated alkanes) is 1. The molecule has 0 saturated heterocycles. The van der Waals surface area contributed by atoms with Crippen LogP contribution in [0.3, 0.4) is 0 Å². The van der Waals surface area contributed by atoms with Gasteiger partial charge in [0.25, 0.3) is 0 Å². The van der Waals surface area contributed by atoms with Crippen LogP contribution in [0.1, 0.15) is 69.2 Å². The fraction of sp³-hybridized carbons (Fsp3) is 0.293. The Labute approximate surface area is 299 Å². The summed E-state index contributed by atoms with van der Waals surface area (Å²) >= 11 is 8.22. The molecule has 5 heteroatoms. The molecule has 0 saturated carbocycles. The number of aryl methyl sites for hydroxylation is 2. The van der Waals surface area contributed by atoms with E-state index in [4.69, 9.17) is 27.4 Å². The van der Waals surface area contributed by atoms with E-state index in [0.29, 0.717) is 5.92 Å². The van der Waals surface area contributed by atoms with Crippen LogP contribution in [0.25, 0.3) is 11.1 Å². The molecule has 0 fully saturated rings. The molecule has 0 amide bonds. The summed E-state index contributed by atoms with van der Waals surface area (Å²) in [5.41, 5.74) is 9.68. The van der Waals surface area contributed by atoms with Crippen molar-refractivity contribution in [2.45, 2.75) is 67.2 Å². The zero-order valence-electron chi connectivity index (χ0n) is 27.8. The van der Waals surface area contributed by atoms with Crippen LogP contribution in [0, 0.1) is 25.2 Å². The first-order chi connectivity index (χ1) is 20.9. The average molecular weight is 772 g/mol. The molecule has 1 atom stereocenters. The molecule has 2 aliphatic carbocycles. The van der Waals surface area contributed by atoms with E-state index < -0.39 is 18.3 Å². The van der Waals surface area contributed by atoms with Crippen LogP contribution in [0.4, 0.5) is 0 Å². The Bertz CT molecular complexity index is 1840. The molecular formula is C41H46Cl4Zr. The summed E-state index contributed by atoms with van der Waals surface area (Å²) < 4.78 is 11.5. The van der Waals surface area contributed by atoms with Gasteiger partial charge in [-0.05, 0) is 0 Å². The van der Waals surface area contributed by atoms with Gasteiger partial charge in [0.2, 0.25) is 0 Å². The minimum atomic E-state index is -5.02. The van der Waals surface area contributed by atoms with E-state index in [0.717, 1.165) is 22.9 Å². The van der Waals surface area contributed by atoms with E-state index in [9.17, 15) is 0 Å². The van der Waals surface area contributed by atoms with Crippen molar-refractivity contribution in [3.63, 3.8) is 0 Å². The number of hydrogen-bond acceptors (Lipinski definition) is 0. The van der Waals surface area contributed by atoms with Crippen LogP contribution in [-0.4, -0.2) is 4.21 Å². The van der Waals surface area contributed by atoms with Gasteiger partial charge in [-0.3, -0.25) is 0 Å². The quantitative estimate of drug-likeness (QED) is 0.155. The molecule has 4 aromatic rings. The number of allylic oxidation sites excluding steroid dienone is 4. The average Bonchev–Trinajstić information content (AvgIpc) is 3.58. The molecule has 0 radical (unpaired) electrons. The predicted molar refractivity (Wildman–Crippen MR) is 206 cm³/mol. The number of rotatable bonds is 7. The Morgan fingerprint density at radius 1 is 0.804 bits per heavy atom. The van der Waals surface area contributed by atoms with E-state index in [2.05, 4.69) is 133 Å². The standard InChI is InChI=1S/C15H13.C13H21.2C6H4Cl.CH2.2ClH.Zr/c1-10-3-5-14-12(7-10)9-13-8-11(2)4-6-15(13)14;1-5-6-7-11-8-9-12(10-11)13(2,3)4;2*7-6-4-2-1-3-5-6;;;;/h3-7H,9H2,1-2H3;9-11H,5-7H2,1-4H3;2*2-5H;1H2;2*1H;. The Hall–Kier alpha value is -1.73.